The molecule has 0 spiro atoms. The van der Waals surface area contributed by atoms with Crippen molar-refractivity contribution in [3.63, 3.8) is 0 Å². The number of hydrogen-bond acceptors (Lipinski definition) is 4. The first-order valence-corrected chi connectivity index (χ1v) is 6.93. The molecule has 0 fully saturated rings. The highest BCUT2D eigenvalue weighted by Gasteiger charge is 2.11. The molecule has 0 aromatic carbocycles. The fourth-order valence-electron chi connectivity index (χ4n) is 1.90. The van der Waals surface area contributed by atoms with Crippen molar-refractivity contribution in [3.8, 4) is 0 Å². The largest absolute Gasteiger partial charge is 0.321 e. The Kier molecular flexibility index (Phi) is 2.91. The Bertz CT molecular complexity index is 817. The van der Waals surface area contributed by atoms with Gasteiger partial charge in [-0.15, -0.1) is 11.3 Å². The summed E-state index contributed by atoms with van der Waals surface area (Å²) < 4.78 is 3.98. The molecule has 0 amide bonds. The SMILES string of the molecule is Cc1csc2c(=O)n(Cc3ncc(Cl)n3C)cnc12. The summed E-state index contributed by atoms with van der Waals surface area (Å²) in [7, 11) is 1.82. The van der Waals surface area contributed by atoms with Gasteiger partial charge in [-0.25, -0.2) is 9.97 Å². The highest BCUT2D eigenvalue weighted by atomic mass is 35.5. The third-order valence-corrected chi connectivity index (χ3v) is 4.49. The lowest BCUT2D eigenvalue weighted by Gasteiger charge is -2.05. The van der Waals surface area contributed by atoms with Gasteiger partial charge in [0.15, 0.2) is 0 Å². The predicted molar refractivity (Wildman–Crippen MR) is 75.9 cm³/mol. The Labute approximate surface area is 118 Å². The maximum absolute atomic E-state index is 12.3. The number of aromatic nitrogens is 4. The van der Waals surface area contributed by atoms with E-state index >= 15 is 0 Å². The van der Waals surface area contributed by atoms with E-state index in [-0.39, 0.29) is 5.56 Å². The summed E-state index contributed by atoms with van der Waals surface area (Å²) >= 11 is 7.36. The van der Waals surface area contributed by atoms with Crippen LogP contribution < -0.4 is 5.56 Å². The van der Waals surface area contributed by atoms with E-state index in [1.807, 2.05) is 19.4 Å². The minimum absolute atomic E-state index is 0.0396. The van der Waals surface area contributed by atoms with Crippen molar-refractivity contribution in [1.82, 2.24) is 19.1 Å². The van der Waals surface area contributed by atoms with E-state index in [1.54, 1.807) is 21.7 Å². The molecule has 3 rings (SSSR count). The number of thiophene rings is 1. The number of fused-ring (bicyclic) bond motifs is 1. The molecule has 0 aliphatic rings. The van der Waals surface area contributed by atoms with Crippen molar-refractivity contribution in [2.24, 2.45) is 7.05 Å². The van der Waals surface area contributed by atoms with Gasteiger partial charge in [0.1, 0.15) is 15.7 Å². The van der Waals surface area contributed by atoms with Gasteiger partial charge in [-0.05, 0) is 17.9 Å². The summed E-state index contributed by atoms with van der Waals surface area (Å²) in [5.41, 5.74) is 1.77. The Morgan fingerprint density at radius 3 is 2.89 bits per heavy atom. The second-order valence-corrected chi connectivity index (χ2v) is 5.60. The molecule has 0 bridgehead atoms. The molecule has 0 unspecified atom stereocenters. The lowest BCUT2D eigenvalue weighted by molar-refractivity contribution is 0.674. The first-order valence-electron chi connectivity index (χ1n) is 5.67. The molecule has 19 heavy (non-hydrogen) atoms. The van der Waals surface area contributed by atoms with Crippen molar-refractivity contribution in [3.05, 3.63) is 44.8 Å². The van der Waals surface area contributed by atoms with E-state index in [0.717, 1.165) is 16.9 Å². The molecule has 3 aromatic rings. The zero-order valence-corrected chi connectivity index (χ0v) is 12.0. The predicted octanol–water partition coefficient (Wildman–Crippen LogP) is 2.20. The molecule has 3 heterocycles. The van der Waals surface area contributed by atoms with Gasteiger partial charge in [0, 0.05) is 7.05 Å². The number of aryl methyl sites for hydroxylation is 1. The van der Waals surface area contributed by atoms with Crippen LogP contribution in [0.1, 0.15) is 11.4 Å². The van der Waals surface area contributed by atoms with Gasteiger partial charge in [0.05, 0.1) is 24.6 Å². The second kappa shape index (κ2) is 4.47. The Balaban J connectivity index is 2.09. The minimum Gasteiger partial charge on any atom is -0.321 e. The van der Waals surface area contributed by atoms with Gasteiger partial charge >= 0.3 is 0 Å². The number of halogens is 1. The zero-order valence-electron chi connectivity index (χ0n) is 10.4. The molecule has 0 aliphatic carbocycles. The third-order valence-electron chi connectivity index (χ3n) is 3.06. The molecular weight excluding hydrogens is 284 g/mol. The first kappa shape index (κ1) is 12.4. The molecule has 0 N–H and O–H groups in total. The van der Waals surface area contributed by atoms with E-state index in [2.05, 4.69) is 9.97 Å². The Hall–Kier alpha value is -1.66. The Morgan fingerprint density at radius 2 is 2.21 bits per heavy atom. The van der Waals surface area contributed by atoms with E-state index in [0.29, 0.717) is 16.4 Å². The first-order chi connectivity index (χ1) is 9.08. The van der Waals surface area contributed by atoms with Gasteiger partial charge in [-0.2, -0.15) is 0 Å². The average molecular weight is 295 g/mol. The molecule has 5 nitrogen and oxygen atoms in total. The normalized spacial score (nSPS) is 11.3. The van der Waals surface area contributed by atoms with Crippen molar-refractivity contribution in [2.75, 3.05) is 0 Å². The smallest absolute Gasteiger partial charge is 0.271 e. The van der Waals surface area contributed by atoms with Crippen LogP contribution in [0, 0.1) is 6.92 Å². The van der Waals surface area contributed by atoms with Crippen LogP contribution in [0.25, 0.3) is 10.2 Å². The maximum Gasteiger partial charge on any atom is 0.271 e. The molecule has 3 aromatic heterocycles. The fraction of sp³-hybridized carbons (Fsp3) is 0.250. The number of imidazole rings is 1. The van der Waals surface area contributed by atoms with Crippen LogP contribution in [0.4, 0.5) is 0 Å². The van der Waals surface area contributed by atoms with Gasteiger partial charge in [-0.3, -0.25) is 9.36 Å². The summed E-state index contributed by atoms with van der Waals surface area (Å²) in [5.74, 6) is 0.724. The van der Waals surface area contributed by atoms with Crippen LogP contribution in [-0.4, -0.2) is 19.1 Å². The lowest BCUT2D eigenvalue weighted by Crippen LogP contribution is -2.21. The quantitative estimate of drug-likeness (QED) is 0.728. The third kappa shape index (κ3) is 1.97. The number of nitrogens with zero attached hydrogens (tertiary/aromatic N) is 4. The van der Waals surface area contributed by atoms with Crippen LogP contribution in [-0.2, 0) is 13.6 Å². The van der Waals surface area contributed by atoms with E-state index in [1.165, 1.54) is 11.3 Å². The summed E-state index contributed by atoms with van der Waals surface area (Å²) in [6.45, 7) is 2.32. The molecule has 0 saturated heterocycles. The summed E-state index contributed by atoms with van der Waals surface area (Å²) in [5, 5.41) is 2.49. The van der Waals surface area contributed by atoms with Gasteiger partial charge in [-0.1, -0.05) is 11.6 Å². The van der Waals surface area contributed by atoms with Gasteiger partial charge in [0.25, 0.3) is 5.56 Å². The summed E-state index contributed by atoms with van der Waals surface area (Å²) in [4.78, 5) is 20.8. The number of hydrogen-bond donors (Lipinski definition) is 0. The monoisotopic (exact) mass is 294 g/mol. The molecule has 0 aliphatic heterocycles. The minimum atomic E-state index is -0.0396. The standard InChI is InChI=1S/C12H11ClN4OS/c1-7-5-19-11-10(7)15-6-17(12(11)18)4-9-14-3-8(13)16(9)2/h3,5-6H,4H2,1-2H3. The van der Waals surface area contributed by atoms with E-state index in [4.69, 9.17) is 11.6 Å². The molecule has 7 heteroatoms. The molecule has 98 valence electrons. The van der Waals surface area contributed by atoms with Crippen molar-refractivity contribution >= 4 is 33.2 Å². The van der Waals surface area contributed by atoms with Crippen LogP contribution in [0.5, 0.6) is 0 Å². The van der Waals surface area contributed by atoms with Crippen LogP contribution in [0.2, 0.25) is 5.15 Å². The van der Waals surface area contributed by atoms with Crippen LogP contribution in [0.15, 0.2) is 22.7 Å². The average Bonchev–Trinajstić information content (AvgIpc) is 2.91. The van der Waals surface area contributed by atoms with Crippen LogP contribution >= 0.6 is 22.9 Å². The van der Waals surface area contributed by atoms with E-state index < -0.39 is 0 Å². The van der Waals surface area contributed by atoms with Crippen molar-refractivity contribution in [1.29, 1.82) is 0 Å². The van der Waals surface area contributed by atoms with Crippen molar-refractivity contribution in [2.45, 2.75) is 13.5 Å². The van der Waals surface area contributed by atoms with Gasteiger partial charge < -0.3 is 4.57 Å². The molecule has 0 saturated carbocycles. The zero-order chi connectivity index (χ0) is 13.6. The van der Waals surface area contributed by atoms with Crippen LogP contribution in [0.3, 0.4) is 0 Å². The summed E-state index contributed by atoms with van der Waals surface area (Å²) in [6.07, 6.45) is 3.14. The highest BCUT2D eigenvalue weighted by Crippen LogP contribution is 2.19. The second-order valence-electron chi connectivity index (χ2n) is 4.33. The highest BCUT2D eigenvalue weighted by molar-refractivity contribution is 7.17. The fourth-order valence-corrected chi connectivity index (χ4v) is 2.99. The Morgan fingerprint density at radius 1 is 1.42 bits per heavy atom. The molecular formula is C12H11ClN4OS. The summed E-state index contributed by atoms with van der Waals surface area (Å²) in [6, 6.07) is 0. The topological polar surface area (TPSA) is 52.7 Å². The van der Waals surface area contributed by atoms with Crippen molar-refractivity contribution < 1.29 is 0 Å². The molecule has 0 radical (unpaired) electrons. The number of rotatable bonds is 2. The van der Waals surface area contributed by atoms with E-state index in [9.17, 15) is 4.79 Å². The lowest BCUT2D eigenvalue weighted by atomic mass is 10.3. The van der Waals surface area contributed by atoms with Gasteiger partial charge in [0.2, 0.25) is 0 Å². The molecule has 0 atom stereocenters. The maximum atomic E-state index is 12.3.